The lowest BCUT2D eigenvalue weighted by atomic mass is 10.2. The maximum Gasteiger partial charge on any atom is 0.200 e. The van der Waals surface area contributed by atoms with Crippen molar-refractivity contribution in [2.24, 2.45) is 0 Å². The number of benzene rings is 3. The van der Waals surface area contributed by atoms with Gasteiger partial charge in [0.1, 0.15) is 5.69 Å². The van der Waals surface area contributed by atoms with Crippen LogP contribution in [-0.2, 0) is 9.84 Å². The van der Waals surface area contributed by atoms with Gasteiger partial charge in [0.05, 0.1) is 22.0 Å². The van der Waals surface area contributed by atoms with Gasteiger partial charge in [0, 0.05) is 31.9 Å². The molecule has 170 valence electrons. The van der Waals surface area contributed by atoms with E-state index in [2.05, 4.69) is 22.0 Å². The Hall–Kier alpha value is -3.96. The molecule has 0 spiro atoms. The van der Waals surface area contributed by atoms with Gasteiger partial charge in [0.2, 0.25) is 9.84 Å². The number of fused-ring (bicyclic) bond motifs is 1. The van der Waals surface area contributed by atoms with Crippen LogP contribution in [0.3, 0.4) is 0 Å². The molecule has 34 heavy (non-hydrogen) atoms. The summed E-state index contributed by atoms with van der Waals surface area (Å²) < 4.78 is 26.9. The van der Waals surface area contributed by atoms with E-state index in [0.717, 1.165) is 18.8 Å². The SMILES string of the molecule is N#C[C@@H](c1nc2ccccc2nc1N1CCN(c2ccccc2)CC1)S(=O)(=O)c1ccccc1. The molecule has 1 aliphatic heterocycles. The molecular weight excluding hydrogens is 446 g/mol. The Morgan fingerprint density at radius 3 is 1.88 bits per heavy atom. The summed E-state index contributed by atoms with van der Waals surface area (Å²) in [6, 6.07) is 27.6. The number of hydrogen-bond acceptors (Lipinski definition) is 7. The number of nitriles is 1. The van der Waals surface area contributed by atoms with Crippen molar-refractivity contribution in [1.29, 1.82) is 5.26 Å². The summed E-state index contributed by atoms with van der Waals surface area (Å²) in [5.74, 6) is 0.456. The minimum atomic E-state index is -3.99. The van der Waals surface area contributed by atoms with Crippen LogP contribution in [0.2, 0.25) is 0 Å². The molecule has 0 radical (unpaired) electrons. The quantitative estimate of drug-likeness (QED) is 0.436. The second kappa shape index (κ2) is 9.12. The van der Waals surface area contributed by atoms with E-state index in [1.807, 2.05) is 47.4 Å². The normalized spacial score (nSPS) is 15.1. The number of aromatic nitrogens is 2. The van der Waals surface area contributed by atoms with E-state index < -0.39 is 15.1 Å². The van der Waals surface area contributed by atoms with Crippen LogP contribution in [0, 0.1) is 11.3 Å². The van der Waals surface area contributed by atoms with Crippen molar-refractivity contribution >= 4 is 32.4 Å². The smallest absolute Gasteiger partial charge is 0.200 e. The first-order valence-corrected chi connectivity index (χ1v) is 12.6. The summed E-state index contributed by atoms with van der Waals surface area (Å²) in [6.07, 6.45) is 0. The van der Waals surface area contributed by atoms with Gasteiger partial charge in [-0.3, -0.25) is 0 Å². The van der Waals surface area contributed by atoms with Crippen molar-refractivity contribution in [1.82, 2.24) is 9.97 Å². The molecule has 1 fully saturated rings. The van der Waals surface area contributed by atoms with Crippen LogP contribution in [0.15, 0.2) is 89.8 Å². The number of rotatable bonds is 5. The van der Waals surface area contributed by atoms with Crippen LogP contribution in [0.5, 0.6) is 0 Å². The molecule has 1 aliphatic rings. The molecule has 0 N–H and O–H groups in total. The third-order valence-electron chi connectivity index (χ3n) is 6.03. The number of hydrogen-bond donors (Lipinski definition) is 0. The maximum atomic E-state index is 13.5. The van der Waals surface area contributed by atoms with E-state index in [4.69, 9.17) is 4.98 Å². The van der Waals surface area contributed by atoms with Crippen molar-refractivity contribution in [3.63, 3.8) is 0 Å². The first kappa shape index (κ1) is 21.9. The lowest BCUT2D eigenvalue weighted by molar-refractivity contribution is 0.589. The Morgan fingerprint density at radius 2 is 1.26 bits per heavy atom. The highest BCUT2D eigenvalue weighted by Crippen LogP contribution is 2.34. The highest BCUT2D eigenvalue weighted by atomic mass is 32.2. The molecular formula is C26H23N5O2S. The van der Waals surface area contributed by atoms with Crippen molar-refractivity contribution in [3.05, 3.63) is 90.6 Å². The van der Waals surface area contributed by atoms with Gasteiger partial charge in [-0.05, 0) is 36.4 Å². The van der Waals surface area contributed by atoms with E-state index in [-0.39, 0.29) is 10.6 Å². The average molecular weight is 470 g/mol. The molecule has 8 heteroatoms. The second-order valence-electron chi connectivity index (χ2n) is 8.10. The minimum Gasteiger partial charge on any atom is -0.368 e. The van der Waals surface area contributed by atoms with Crippen molar-refractivity contribution in [2.45, 2.75) is 10.1 Å². The van der Waals surface area contributed by atoms with Crippen LogP contribution in [0.25, 0.3) is 11.0 Å². The lowest BCUT2D eigenvalue weighted by Crippen LogP contribution is -2.47. The fraction of sp³-hybridized carbons (Fsp3) is 0.192. The molecule has 4 aromatic rings. The van der Waals surface area contributed by atoms with Gasteiger partial charge in [0.15, 0.2) is 11.1 Å². The van der Waals surface area contributed by atoms with Crippen LogP contribution >= 0.6 is 0 Å². The summed E-state index contributed by atoms with van der Waals surface area (Å²) in [6.45, 7) is 2.78. The monoisotopic (exact) mass is 469 g/mol. The predicted octanol–water partition coefficient (Wildman–Crippen LogP) is 3.99. The number of sulfone groups is 1. The number of piperazine rings is 1. The maximum absolute atomic E-state index is 13.5. The van der Waals surface area contributed by atoms with Crippen molar-refractivity contribution < 1.29 is 8.42 Å². The predicted molar refractivity (Wildman–Crippen MR) is 132 cm³/mol. The molecule has 2 heterocycles. The van der Waals surface area contributed by atoms with Crippen molar-refractivity contribution in [2.75, 3.05) is 36.0 Å². The standard InChI is InChI=1S/C26H23N5O2S/c27-19-24(34(32,33)21-11-5-2-6-12-21)25-26(29-23-14-8-7-13-22(23)28-25)31-17-15-30(16-18-31)20-9-3-1-4-10-20/h1-14,24H,15-18H2/t24-/m0/s1. The third kappa shape index (κ3) is 4.06. The Morgan fingerprint density at radius 1 is 0.735 bits per heavy atom. The molecule has 1 aromatic heterocycles. The zero-order chi connectivity index (χ0) is 23.5. The van der Waals surface area contributed by atoms with Gasteiger partial charge in [-0.2, -0.15) is 5.26 Å². The molecule has 0 bridgehead atoms. The highest BCUT2D eigenvalue weighted by molar-refractivity contribution is 7.92. The summed E-state index contributed by atoms with van der Waals surface area (Å²) in [4.78, 5) is 13.9. The topological polar surface area (TPSA) is 90.2 Å². The van der Waals surface area contributed by atoms with Gasteiger partial charge in [0.25, 0.3) is 0 Å². The Balaban J connectivity index is 1.55. The first-order valence-electron chi connectivity index (χ1n) is 11.1. The van der Waals surface area contributed by atoms with Gasteiger partial charge in [-0.25, -0.2) is 18.4 Å². The van der Waals surface area contributed by atoms with Crippen LogP contribution in [-0.4, -0.2) is 44.6 Å². The molecule has 1 saturated heterocycles. The van der Waals surface area contributed by atoms with Crippen LogP contribution in [0.1, 0.15) is 10.9 Å². The summed E-state index contributed by atoms with van der Waals surface area (Å²) >= 11 is 0. The molecule has 0 amide bonds. The van der Waals surface area contributed by atoms with E-state index >= 15 is 0 Å². The zero-order valence-corrected chi connectivity index (χ0v) is 19.3. The molecule has 1 atom stereocenters. The lowest BCUT2D eigenvalue weighted by Gasteiger charge is -2.37. The molecule has 3 aromatic carbocycles. The molecule has 0 aliphatic carbocycles. The third-order valence-corrected chi connectivity index (χ3v) is 7.90. The summed E-state index contributed by atoms with van der Waals surface area (Å²) in [5, 5.41) is 8.57. The van der Waals surface area contributed by atoms with Crippen LogP contribution < -0.4 is 9.80 Å². The van der Waals surface area contributed by atoms with Gasteiger partial charge >= 0.3 is 0 Å². The average Bonchev–Trinajstić information content (AvgIpc) is 2.90. The zero-order valence-electron chi connectivity index (χ0n) is 18.4. The van der Waals surface area contributed by atoms with E-state index in [1.54, 1.807) is 24.3 Å². The van der Waals surface area contributed by atoms with Gasteiger partial charge in [-0.1, -0.05) is 48.5 Å². The number of para-hydroxylation sites is 3. The fourth-order valence-electron chi connectivity index (χ4n) is 4.25. The summed E-state index contributed by atoms with van der Waals surface area (Å²) in [7, 11) is -3.99. The minimum absolute atomic E-state index is 0.0938. The molecule has 0 saturated carbocycles. The van der Waals surface area contributed by atoms with Gasteiger partial charge in [-0.15, -0.1) is 0 Å². The first-order chi connectivity index (χ1) is 16.6. The summed E-state index contributed by atoms with van der Waals surface area (Å²) in [5.41, 5.74) is 2.56. The Labute approximate surface area is 198 Å². The molecule has 7 nitrogen and oxygen atoms in total. The van der Waals surface area contributed by atoms with E-state index in [1.165, 1.54) is 12.1 Å². The van der Waals surface area contributed by atoms with Crippen molar-refractivity contribution in [3.8, 4) is 6.07 Å². The van der Waals surface area contributed by atoms with Gasteiger partial charge < -0.3 is 9.80 Å². The van der Waals surface area contributed by atoms with E-state index in [9.17, 15) is 13.7 Å². The molecule has 0 unspecified atom stereocenters. The largest absolute Gasteiger partial charge is 0.368 e. The van der Waals surface area contributed by atoms with E-state index in [0.29, 0.717) is 29.9 Å². The highest BCUT2D eigenvalue weighted by Gasteiger charge is 2.35. The number of anilines is 2. The Kier molecular flexibility index (Phi) is 5.86. The Bertz CT molecular complexity index is 1450. The fourth-order valence-corrected chi connectivity index (χ4v) is 5.65. The molecule has 5 rings (SSSR count). The number of nitrogens with zero attached hydrogens (tertiary/aromatic N) is 5. The second-order valence-corrected chi connectivity index (χ2v) is 10.1. The van der Waals surface area contributed by atoms with Crippen LogP contribution in [0.4, 0.5) is 11.5 Å².